The summed E-state index contributed by atoms with van der Waals surface area (Å²) in [5.41, 5.74) is 2.15. The molecule has 0 atom stereocenters. The third kappa shape index (κ3) is 4.23. The van der Waals surface area contributed by atoms with Gasteiger partial charge in [-0.05, 0) is 30.0 Å². The standard InChI is InChI=1S/C14H17ClO2/c1-4-17-14(16)13(15)9-11-5-7-12(8-6-11)10(2)3/h5-10H,4H2,1-3H3. The number of rotatable bonds is 4. The highest BCUT2D eigenvalue weighted by molar-refractivity contribution is 6.43. The van der Waals surface area contributed by atoms with Crippen molar-refractivity contribution in [1.29, 1.82) is 0 Å². The van der Waals surface area contributed by atoms with Crippen molar-refractivity contribution >= 4 is 23.6 Å². The molecule has 0 aliphatic carbocycles. The average Bonchev–Trinajstić information content (AvgIpc) is 2.30. The number of benzene rings is 1. The Balaban J connectivity index is 2.80. The molecule has 0 radical (unpaired) electrons. The molecule has 0 fully saturated rings. The van der Waals surface area contributed by atoms with Crippen LogP contribution in [-0.4, -0.2) is 12.6 Å². The van der Waals surface area contributed by atoms with Gasteiger partial charge in [-0.15, -0.1) is 0 Å². The Hall–Kier alpha value is -1.28. The van der Waals surface area contributed by atoms with Crippen molar-refractivity contribution in [2.24, 2.45) is 0 Å². The SMILES string of the molecule is CCOC(=O)C(Cl)=Cc1ccc(C(C)C)cc1. The van der Waals surface area contributed by atoms with Crippen molar-refractivity contribution in [3.05, 3.63) is 40.4 Å². The molecule has 3 heteroatoms. The van der Waals surface area contributed by atoms with Crippen LogP contribution in [0.4, 0.5) is 0 Å². The third-order valence-electron chi connectivity index (χ3n) is 2.37. The molecule has 0 N–H and O–H groups in total. The van der Waals surface area contributed by atoms with E-state index in [0.717, 1.165) is 5.56 Å². The zero-order valence-electron chi connectivity index (χ0n) is 10.4. The average molecular weight is 253 g/mol. The maximum Gasteiger partial charge on any atom is 0.349 e. The molecule has 0 amide bonds. The first kappa shape index (κ1) is 13.8. The predicted octanol–water partition coefficient (Wildman–Crippen LogP) is 3.95. The fourth-order valence-corrected chi connectivity index (χ4v) is 1.56. The minimum atomic E-state index is -0.484. The van der Waals surface area contributed by atoms with Crippen LogP contribution in [0.25, 0.3) is 6.08 Å². The molecule has 1 rings (SSSR count). The van der Waals surface area contributed by atoms with Crippen LogP contribution in [0.15, 0.2) is 29.3 Å². The first-order chi connectivity index (χ1) is 8.04. The molecular weight excluding hydrogens is 236 g/mol. The Kier molecular flexibility index (Phi) is 5.23. The summed E-state index contributed by atoms with van der Waals surface area (Å²) in [5.74, 6) is 0.00987. The Morgan fingerprint density at radius 3 is 2.41 bits per heavy atom. The molecule has 0 unspecified atom stereocenters. The summed E-state index contributed by atoms with van der Waals surface area (Å²) < 4.78 is 4.80. The predicted molar refractivity (Wildman–Crippen MR) is 71.0 cm³/mol. The second kappa shape index (κ2) is 6.45. The molecule has 17 heavy (non-hydrogen) atoms. The van der Waals surface area contributed by atoms with Gasteiger partial charge in [0.1, 0.15) is 5.03 Å². The van der Waals surface area contributed by atoms with Crippen LogP contribution in [0.1, 0.15) is 37.8 Å². The van der Waals surface area contributed by atoms with Gasteiger partial charge in [-0.3, -0.25) is 0 Å². The molecule has 0 heterocycles. The second-order valence-electron chi connectivity index (χ2n) is 4.03. The lowest BCUT2D eigenvalue weighted by Crippen LogP contribution is -2.03. The van der Waals surface area contributed by atoms with E-state index in [1.165, 1.54) is 5.56 Å². The lowest BCUT2D eigenvalue weighted by Gasteiger charge is -2.05. The van der Waals surface area contributed by atoms with Crippen LogP contribution < -0.4 is 0 Å². The molecule has 2 nitrogen and oxygen atoms in total. The summed E-state index contributed by atoms with van der Waals surface area (Å²) in [5, 5.41) is 0.101. The van der Waals surface area contributed by atoms with E-state index in [1.54, 1.807) is 13.0 Å². The second-order valence-corrected chi connectivity index (χ2v) is 4.44. The van der Waals surface area contributed by atoms with Gasteiger partial charge in [0.2, 0.25) is 0 Å². The van der Waals surface area contributed by atoms with Crippen LogP contribution in [0.3, 0.4) is 0 Å². The molecule has 0 saturated heterocycles. The fourth-order valence-electron chi connectivity index (χ4n) is 1.38. The molecule has 92 valence electrons. The number of halogens is 1. The summed E-state index contributed by atoms with van der Waals surface area (Å²) >= 11 is 5.83. The third-order valence-corrected chi connectivity index (χ3v) is 2.63. The fraction of sp³-hybridized carbons (Fsp3) is 0.357. The highest BCUT2D eigenvalue weighted by Crippen LogP contribution is 2.17. The van der Waals surface area contributed by atoms with Crippen molar-refractivity contribution < 1.29 is 9.53 Å². The number of hydrogen-bond donors (Lipinski definition) is 0. The molecular formula is C14H17ClO2. The number of esters is 1. The van der Waals surface area contributed by atoms with Gasteiger partial charge in [-0.25, -0.2) is 4.79 Å². The highest BCUT2D eigenvalue weighted by Gasteiger charge is 2.07. The highest BCUT2D eigenvalue weighted by atomic mass is 35.5. The molecule has 1 aromatic rings. The van der Waals surface area contributed by atoms with Gasteiger partial charge < -0.3 is 4.74 Å². The summed E-state index contributed by atoms with van der Waals surface area (Å²) in [6.45, 7) is 6.35. The first-order valence-electron chi connectivity index (χ1n) is 5.69. The Labute approximate surface area is 107 Å². The van der Waals surface area contributed by atoms with Crippen molar-refractivity contribution in [1.82, 2.24) is 0 Å². The minimum absolute atomic E-state index is 0.101. The van der Waals surface area contributed by atoms with Crippen molar-refractivity contribution in [2.45, 2.75) is 26.7 Å². The molecule has 0 aliphatic heterocycles. The minimum Gasteiger partial charge on any atom is -0.462 e. The lowest BCUT2D eigenvalue weighted by atomic mass is 10.0. The van der Waals surface area contributed by atoms with Crippen LogP contribution in [0.5, 0.6) is 0 Å². The van der Waals surface area contributed by atoms with Crippen LogP contribution >= 0.6 is 11.6 Å². The number of hydrogen-bond acceptors (Lipinski definition) is 2. The number of ether oxygens (including phenoxy) is 1. The van der Waals surface area contributed by atoms with E-state index in [2.05, 4.69) is 13.8 Å². The molecule has 0 aromatic heterocycles. The first-order valence-corrected chi connectivity index (χ1v) is 6.06. The molecule has 0 bridgehead atoms. The van der Waals surface area contributed by atoms with Gasteiger partial charge in [-0.2, -0.15) is 0 Å². The quantitative estimate of drug-likeness (QED) is 0.599. The smallest absolute Gasteiger partial charge is 0.349 e. The van der Waals surface area contributed by atoms with E-state index in [9.17, 15) is 4.79 Å². The molecule has 0 saturated carbocycles. The number of carbonyl (C=O) groups excluding carboxylic acids is 1. The van der Waals surface area contributed by atoms with E-state index >= 15 is 0 Å². The van der Waals surface area contributed by atoms with Crippen molar-refractivity contribution in [2.75, 3.05) is 6.61 Å². The summed E-state index contributed by atoms with van der Waals surface area (Å²) in [6.07, 6.45) is 1.61. The van der Waals surface area contributed by atoms with Gasteiger partial charge >= 0.3 is 5.97 Å². The van der Waals surface area contributed by atoms with Gasteiger partial charge in [0, 0.05) is 0 Å². The molecule has 0 spiro atoms. The van der Waals surface area contributed by atoms with Gasteiger partial charge in [0.25, 0.3) is 0 Å². The van der Waals surface area contributed by atoms with Crippen molar-refractivity contribution in [3.8, 4) is 0 Å². The van der Waals surface area contributed by atoms with E-state index in [0.29, 0.717) is 12.5 Å². The van der Waals surface area contributed by atoms with E-state index in [1.807, 2.05) is 24.3 Å². The van der Waals surface area contributed by atoms with Crippen LogP contribution in [0.2, 0.25) is 0 Å². The molecule has 0 aliphatic rings. The van der Waals surface area contributed by atoms with Gasteiger partial charge in [-0.1, -0.05) is 49.7 Å². The van der Waals surface area contributed by atoms with Gasteiger partial charge in [0.05, 0.1) is 6.61 Å². The van der Waals surface area contributed by atoms with Crippen LogP contribution in [0, 0.1) is 0 Å². The Morgan fingerprint density at radius 2 is 1.94 bits per heavy atom. The monoisotopic (exact) mass is 252 g/mol. The largest absolute Gasteiger partial charge is 0.462 e. The Morgan fingerprint density at radius 1 is 1.35 bits per heavy atom. The maximum absolute atomic E-state index is 11.3. The van der Waals surface area contributed by atoms with E-state index in [-0.39, 0.29) is 5.03 Å². The summed E-state index contributed by atoms with van der Waals surface area (Å²) in [6, 6.07) is 7.95. The van der Waals surface area contributed by atoms with Crippen molar-refractivity contribution in [3.63, 3.8) is 0 Å². The number of carbonyl (C=O) groups is 1. The lowest BCUT2D eigenvalue weighted by molar-refractivity contribution is -0.137. The normalized spacial score (nSPS) is 11.7. The zero-order valence-corrected chi connectivity index (χ0v) is 11.1. The topological polar surface area (TPSA) is 26.3 Å². The van der Waals surface area contributed by atoms with E-state index < -0.39 is 5.97 Å². The Bertz CT molecular complexity index is 405. The molecule has 1 aromatic carbocycles. The maximum atomic E-state index is 11.3. The van der Waals surface area contributed by atoms with E-state index in [4.69, 9.17) is 16.3 Å². The van der Waals surface area contributed by atoms with Crippen LogP contribution in [-0.2, 0) is 9.53 Å². The summed E-state index contributed by atoms with van der Waals surface area (Å²) in [4.78, 5) is 11.3. The summed E-state index contributed by atoms with van der Waals surface area (Å²) in [7, 11) is 0. The zero-order chi connectivity index (χ0) is 12.8. The van der Waals surface area contributed by atoms with Gasteiger partial charge in [0.15, 0.2) is 0 Å².